The van der Waals surface area contributed by atoms with Gasteiger partial charge < -0.3 is 10.6 Å². The Kier molecular flexibility index (Phi) is 7.05. The maximum absolute atomic E-state index is 12.6. The van der Waals surface area contributed by atoms with Gasteiger partial charge in [0.25, 0.3) is 10.0 Å². The second-order valence-electron chi connectivity index (χ2n) is 8.26. The highest BCUT2D eigenvalue weighted by atomic mass is 32.2. The number of rotatable bonds is 11. The highest BCUT2D eigenvalue weighted by molar-refractivity contribution is 7.90. The maximum atomic E-state index is 12.6. The van der Waals surface area contributed by atoms with Crippen LogP contribution in [0.1, 0.15) is 40.0 Å². The zero-order chi connectivity index (χ0) is 25.2. The van der Waals surface area contributed by atoms with Crippen LogP contribution in [0.2, 0.25) is 0 Å². The average molecular weight is 521 g/mol. The summed E-state index contributed by atoms with van der Waals surface area (Å²) >= 11 is 0. The molecule has 3 N–H and O–H groups in total. The number of hydrogen-bond acceptors (Lipinski definition) is 10. The predicted molar refractivity (Wildman–Crippen MR) is 132 cm³/mol. The molecular formula is C21H28N8O4S2. The van der Waals surface area contributed by atoms with Crippen molar-refractivity contribution < 1.29 is 16.8 Å². The summed E-state index contributed by atoms with van der Waals surface area (Å²) < 4.78 is 53.5. The van der Waals surface area contributed by atoms with E-state index >= 15 is 0 Å². The molecule has 0 bridgehead atoms. The van der Waals surface area contributed by atoms with Crippen LogP contribution in [0.4, 0.5) is 17.3 Å². The summed E-state index contributed by atoms with van der Waals surface area (Å²) in [7, 11) is -7.21. The van der Waals surface area contributed by atoms with Crippen LogP contribution in [-0.4, -0.2) is 58.8 Å². The van der Waals surface area contributed by atoms with E-state index in [4.69, 9.17) is 0 Å². The van der Waals surface area contributed by atoms with Crippen molar-refractivity contribution in [2.75, 3.05) is 17.2 Å². The minimum atomic E-state index is -3.73. The molecule has 0 aliphatic heterocycles. The van der Waals surface area contributed by atoms with E-state index in [1.165, 1.54) is 24.8 Å². The van der Waals surface area contributed by atoms with E-state index in [2.05, 4.69) is 35.4 Å². The zero-order valence-electron chi connectivity index (χ0n) is 19.6. The molecule has 1 atom stereocenters. The molecule has 0 saturated heterocycles. The van der Waals surface area contributed by atoms with Crippen molar-refractivity contribution in [2.24, 2.45) is 0 Å². The molecule has 12 nitrogen and oxygen atoms in total. The summed E-state index contributed by atoms with van der Waals surface area (Å²) in [6.45, 7) is 5.92. The molecule has 1 aliphatic carbocycles. The number of nitrogens with zero attached hydrogens (tertiary/aromatic N) is 5. The number of aromatic nitrogens is 5. The molecule has 3 aromatic rings. The van der Waals surface area contributed by atoms with Crippen LogP contribution < -0.4 is 15.4 Å². The van der Waals surface area contributed by atoms with Crippen molar-refractivity contribution in [3.63, 3.8) is 0 Å². The van der Waals surface area contributed by atoms with Gasteiger partial charge in [0, 0.05) is 24.8 Å². The highest BCUT2D eigenvalue weighted by Crippen LogP contribution is 2.30. The first-order chi connectivity index (χ1) is 16.6. The summed E-state index contributed by atoms with van der Waals surface area (Å²) in [6, 6.07) is 3.27. The number of nitrogens with one attached hydrogen (secondary N) is 3. The van der Waals surface area contributed by atoms with Crippen molar-refractivity contribution >= 4 is 37.4 Å². The van der Waals surface area contributed by atoms with E-state index in [1.807, 2.05) is 13.8 Å². The third-order valence-corrected chi connectivity index (χ3v) is 9.05. The Morgan fingerprint density at radius 2 is 1.89 bits per heavy atom. The molecular weight excluding hydrogens is 492 g/mol. The molecule has 3 heterocycles. The lowest BCUT2D eigenvalue weighted by atomic mass is 10.2. The molecule has 0 radical (unpaired) electrons. The van der Waals surface area contributed by atoms with Crippen molar-refractivity contribution in [3.8, 4) is 11.4 Å². The van der Waals surface area contributed by atoms with Crippen LogP contribution in [0.15, 0.2) is 41.8 Å². The second kappa shape index (κ2) is 9.87. The third kappa shape index (κ3) is 5.60. The Bertz CT molecular complexity index is 1420. The SMILES string of the molecule is CCNS(=O)(=O)c1cnc(Nc2ccnc(-c3cnn(S(=O)(=O)C4CC4)c3)n2)cc1N[C@@H](C)CC. The van der Waals surface area contributed by atoms with E-state index in [0.717, 1.165) is 10.5 Å². The van der Waals surface area contributed by atoms with Gasteiger partial charge >= 0.3 is 0 Å². The Hall–Kier alpha value is -3.10. The maximum Gasteiger partial charge on any atom is 0.256 e. The summed E-state index contributed by atoms with van der Waals surface area (Å²) in [6.07, 6.45) is 7.71. The fourth-order valence-electron chi connectivity index (χ4n) is 3.25. The molecule has 0 amide bonds. The van der Waals surface area contributed by atoms with Crippen LogP contribution in [0.5, 0.6) is 0 Å². The molecule has 35 heavy (non-hydrogen) atoms. The summed E-state index contributed by atoms with van der Waals surface area (Å²) in [5.41, 5.74) is 0.871. The van der Waals surface area contributed by atoms with Gasteiger partial charge in [-0.25, -0.2) is 36.5 Å². The molecule has 0 spiro atoms. The number of hydrogen-bond donors (Lipinski definition) is 3. The van der Waals surface area contributed by atoms with Gasteiger partial charge in [-0.3, -0.25) is 0 Å². The van der Waals surface area contributed by atoms with Gasteiger partial charge in [-0.15, -0.1) is 0 Å². The van der Waals surface area contributed by atoms with Crippen LogP contribution in [0, 0.1) is 0 Å². The van der Waals surface area contributed by atoms with E-state index in [0.29, 0.717) is 35.7 Å². The smallest absolute Gasteiger partial charge is 0.256 e. The van der Waals surface area contributed by atoms with Crippen LogP contribution in [-0.2, 0) is 20.0 Å². The van der Waals surface area contributed by atoms with Gasteiger partial charge in [-0.2, -0.15) is 9.19 Å². The minimum absolute atomic E-state index is 0.0370. The van der Waals surface area contributed by atoms with Gasteiger partial charge in [-0.05, 0) is 32.3 Å². The first kappa shape index (κ1) is 25.0. The standard InChI is InChI=1S/C21H28N8O4S2/c1-4-14(3)26-17-10-20(23-12-18(17)34(30,31)25-5-2)27-19-8-9-22-21(28-19)15-11-24-29(13-15)35(32,33)16-6-7-16/h8-14,16,25H,4-7H2,1-3H3,(H2,22,23,26,27,28)/t14-/m0/s1. The predicted octanol–water partition coefficient (Wildman–Crippen LogP) is 2.33. The molecule has 1 saturated carbocycles. The largest absolute Gasteiger partial charge is 0.381 e. The first-order valence-corrected chi connectivity index (χ1v) is 14.3. The van der Waals surface area contributed by atoms with Gasteiger partial charge in [0.15, 0.2) is 5.82 Å². The number of sulfonamides is 1. The molecule has 0 unspecified atom stereocenters. The van der Waals surface area contributed by atoms with Gasteiger partial charge in [0.2, 0.25) is 10.0 Å². The fraction of sp³-hybridized carbons (Fsp3) is 0.429. The lowest BCUT2D eigenvalue weighted by Gasteiger charge is -2.18. The Morgan fingerprint density at radius 1 is 1.11 bits per heavy atom. The molecule has 1 aliphatic rings. The van der Waals surface area contributed by atoms with Crippen LogP contribution in [0.3, 0.4) is 0 Å². The highest BCUT2D eigenvalue weighted by Gasteiger charge is 2.37. The van der Waals surface area contributed by atoms with Gasteiger partial charge in [0.1, 0.15) is 16.5 Å². The van der Waals surface area contributed by atoms with E-state index in [-0.39, 0.29) is 28.6 Å². The van der Waals surface area contributed by atoms with Crippen molar-refractivity contribution in [2.45, 2.75) is 56.2 Å². The van der Waals surface area contributed by atoms with Gasteiger partial charge in [0.05, 0.1) is 35.1 Å². The Balaban J connectivity index is 1.60. The fourth-order valence-corrected chi connectivity index (χ4v) is 5.86. The summed E-state index contributed by atoms with van der Waals surface area (Å²) in [5.74, 6) is 1.07. The summed E-state index contributed by atoms with van der Waals surface area (Å²) in [4.78, 5) is 13.0. The second-order valence-corrected chi connectivity index (χ2v) is 12.1. The third-order valence-electron chi connectivity index (χ3n) is 5.44. The molecule has 0 aromatic carbocycles. The van der Waals surface area contributed by atoms with E-state index in [9.17, 15) is 16.8 Å². The number of anilines is 3. The Morgan fingerprint density at radius 3 is 2.57 bits per heavy atom. The topological polar surface area (TPSA) is 161 Å². The van der Waals surface area contributed by atoms with E-state index in [1.54, 1.807) is 19.1 Å². The minimum Gasteiger partial charge on any atom is -0.381 e. The lowest BCUT2D eigenvalue weighted by molar-refractivity contribution is 0.578. The normalized spacial score (nSPS) is 15.1. The van der Waals surface area contributed by atoms with Crippen LogP contribution in [0.25, 0.3) is 11.4 Å². The summed E-state index contributed by atoms with van der Waals surface area (Å²) in [5, 5.41) is 9.88. The van der Waals surface area contributed by atoms with Crippen molar-refractivity contribution in [1.29, 1.82) is 0 Å². The quantitative estimate of drug-likeness (QED) is 0.342. The molecule has 4 rings (SSSR count). The molecule has 188 valence electrons. The number of pyridine rings is 1. The van der Waals surface area contributed by atoms with Gasteiger partial charge in [-0.1, -0.05) is 13.8 Å². The van der Waals surface area contributed by atoms with Crippen LogP contribution >= 0.6 is 0 Å². The first-order valence-electron chi connectivity index (χ1n) is 11.3. The van der Waals surface area contributed by atoms with Crippen molar-refractivity contribution in [3.05, 3.63) is 36.9 Å². The van der Waals surface area contributed by atoms with Crippen molar-refractivity contribution in [1.82, 2.24) is 28.9 Å². The lowest BCUT2D eigenvalue weighted by Crippen LogP contribution is -2.25. The Labute approximate surface area is 204 Å². The molecule has 1 fully saturated rings. The molecule has 3 aromatic heterocycles. The monoisotopic (exact) mass is 520 g/mol. The average Bonchev–Trinajstić information content (AvgIpc) is 3.56. The molecule has 14 heteroatoms. The van der Waals surface area contributed by atoms with E-state index < -0.39 is 20.0 Å². The zero-order valence-corrected chi connectivity index (χ0v) is 21.3.